The maximum atomic E-state index is 13.0. The van der Waals surface area contributed by atoms with Gasteiger partial charge in [0.1, 0.15) is 32.5 Å². The monoisotopic (exact) mass is 972 g/mol. The quantitative estimate of drug-likeness (QED) is 0.0186. The second-order valence-corrected chi connectivity index (χ2v) is 17.6. The van der Waals surface area contributed by atoms with Gasteiger partial charge in [0.15, 0.2) is 0 Å². The van der Waals surface area contributed by atoms with E-state index < -0.39 is 27.7 Å². The molecule has 0 aromatic rings. The minimum Gasteiger partial charge on any atom is -0.378 e. The van der Waals surface area contributed by atoms with Crippen molar-refractivity contribution in [2.45, 2.75) is 6.42 Å². The van der Waals surface area contributed by atoms with Crippen LogP contribution in [0.3, 0.4) is 0 Å². The van der Waals surface area contributed by atoms with Crippen molar-refractivity contribution in [2.75, 3.05) is 218 Å². The van der Waals surface area contributed by atoms with Crippen LogP contribution in [0.1, 0.15) is 6.42 Å². The molecule has 0 fully saturated rings. The summed E-state index contributed by atoms with van der Waals surface area (Å²) < 4.78 is 83.1. The molecule has 0 aromatic carbocycles. The van der Waals surface area contributed by atoms with Crippen molar-refractivity contribution in [1.29, 1.82) is 0 Å². The SMILES string of the molecule is CNCCOCCNC(=O)COCCOCP(=O)(O)COCCOCC(=O)N(CCOCCOCCNC)CCOCCOCC(=O)N(CCCP(=O)(O)O)CCOCCOCNC. The molecule has 0 radical (unpaired) electrons. The van der Waals surface area contributed by atoms with Crippen LogP contribution >= 0.6 is 15.0 Å². The number of amides is 3. The summed E-state index contributed by atoms with van der Waals surface area (Å²) in [5.41, 5.74) is 0. The van der Waals surface area contributed by atoms with Gasteiger partial charge in [-0.3, -0.25) is 28.8 Å². The summed E-state index contributed by atoms with van der Waals surface area (Å²) in [6.07, 6.45) is -1.20. The minimum absolute atomic E-state index is 0.000328. The van der Waals surface area contributed by atoms with Crippen LogP contribution in [-0.2, 0) is 75.6 Å². The number of carbonyl (C=O) groups excluding carboxylic acids is 3. The van der Waals surface area contributed by atoms with E-state index in [1.807, 2.05) is 14.1 Å². The van der Waals surface area contributed by atoms with Crippen molar-refractivity contribution in [3.8, 4) is 0 Å². The van der Waals surface area contributed by atoms with Gasteiger partial charge in [0.2, 0.25) is 25.1 Å². The zero-order valence-electron chi connectivity index (χ0n) is 38.1. The van der Waals surface area contributed by atoms with Crippen molar-refractivity contribution in [3.63, 3.8) is 0 Å². The Kier molecular flexibility index (Phi) is 42.5. The number of rotatable bonds is 49. The third kappa shape index (κ3) is 42.8. The Bertz CT molecular complexity index is 1230. The summed E-state index contributed by atoms with van der Waals surface area (Å²) in [4.78, 5) is 69.1. The van der Waals surface area contributed by atoms with E-state index in [4.69, 9.17) is 52.1 Å². The van der Waals surface area contributed by atoms with Gasteiger partial charge in [-0.1, -0.05) is 0 Å². The van der Waals surface area contributed by atoms with E-state index >= 15 is 0 Å². The molecule has 64 heavy (non-hydrogen) atoms. The van der Waals surface area contributed by atoms with Gasteiger partial charge in [-0.2, -0.15) is 0 Å². The number of ether oxygens (including phenoxy) is 11. The highest BCUT2D eigenvalue weighted by Gasteiger charge is 2.20. The average Bonchev–Trinajstić information content (AvgIpc) is 3.25. The smallest absolute Gasteiger partial charge is 0.325 e. The summed E-state index contributed by atoms with van der Waals surface area (Å²) >= 11 is 0. The van der Waals surface area contributed by atoms with Crippen molar-refractivity contribution < 1.29 is 90.3 Å². The fourth-order valence-corrected chi connectivity index (χ4v) is 6.22. The molecule has 7 N–H and O–H groups in total. The Morgan fingerprint density at radius 3 is 1.31 bits per heavy atom. The zero-order chi connectivity index (χ0) is 47.4. The third-order valence-electron chi connectivity index (χ3n) is 8.04. The van der Waals surface area contributed by atoms with E-state index in [1.54, 1.807) is 7.05 Å². The molecule has 0 spiro atoms. The maximum Gasteiger partial charge on any atom is 0.325 e. The first-order valence-electron chi connectivity index (χ1n) is 21.3. The summed E-state index contributed by atoms with van der Waals surface area (Å²) in [5.74, 6) is -1.03. The first-order chi connectivity index (χ1) is 30.8. The van der Waals surface area contributed by atoms with Crippen LogP contribution in [0.5, 0.6) is 0 Å². The van der Waals surface area contributed by atoms with E-state index in [0.717, 1.165) is 0 Å². The Balaban J connectivity index is 4.56. The zero-order valence-corrected chi connectivity index (χ0v) is 39.9. The molecule has 0 aliphatic rings. The lowest BCUT2D eigenvalue weighted by molar-refractivity contribution is -0.139. The van der Waals surface area contributed by atoms with Gasteiger partial charge < -0.3 is 92.5 Å². The fraction of sp³-hybridized carbons (Fsp3) is 0.919. The van der Waals surface area contributed by atoms with Crippen molar-refractivity contribution in [3.05, 3.63) is 0 Å². The normalized spacial score (nSPS) is 12.7. The van der Waals surface area contributed by atoms with Crippen LogP contribution in [0, 0.1) is 0 Å². The standard InChI is InChI=1S/C37H78N6O19P2/c1-38-5-12-52-14-7-41-35(44)29-57-23-26-61-33-63(47,48)34-62-27-24-59-31-37(46)43(10-16-54-19-18-53-13-6-39-2)11-17-55-20-22-58-30-36(45)42(8-4-28-64(49,50)51)9-15-56-21-25-60-32-40-3/h38-40H,4-34H2,1-3H3,(H,41,44)(H,47,48)(H2,49,50,51). The highest BCUT2D eigenvalue weighted by Crippen LogP contribution is 2.40. The van der Waals surface area contributed by atoms with Gasteiger partial charge in [0, 0.05) is 45.8 Å². The molecule has 0 aliphatic heterocycles. The molecule has 0 rings (SSSR count). The molecule has 0 aliphatic carbocycles. The van der Waals surface area contributed by atoms with E-state index in [0.29, 0.717) is 72.6 Å². The van der Waals surface area contributed by atoms with E-state index in [9.17, 15) is 38.2 Å². The topological polar surface area (TPSA) is 302 Å². The lowest BCUT2D eigenvalue weighted by Gasteiger charge is -2.23. The summed E-state index contributed by atoms with van der Waals surface area (Å²) in [5, 5.41) is 11.4. The molecular weight excluding hydrogens is 894 g/mol. The molecule has 0 saturated carbocycles. The number of likely N-dealkylation sites (N-methyl/N-ethyl adjacent to an activating group) is 2. The Morgan fingerprint density at radius 1 is 0.453 bits per heavy atom. The molecule has 1 atom stereocenters. The van der Waals surface area contributed by atoms with Crippen LogP contribution in [-0.4, -0.2) is 260 Å². The summed E-state index contributed by atoms with van der Waals surface area (Å²) in [7, 11) is -2.60. The summed E-state index contributed by atoms with van der Waals surface area (Å²) in [6.45, 7) is 5.82. The number of hydrogen-bond acceptors (Lipinski definition) is 19. The van der Waals surface area contributed by atoms with E-state index in [-0.39, 0.29) is 136 Å². The molecule has 3 amide bonds. The molecule has 0 bridgehead atoms. The molecule has 27 heteroatoms. The lowest BCUT2D eigenvalue weighted by Crippen LogP contribution is -2.39. The molecule has 1 unspecified atom stereocenters. The largest absolute Gasteiger partial charge is 0.378 e. The van der Waals surface area contributed by atoms with Crippen LogP contribution in [0.15, 0.2) is 0 Å². The Morgan fingerprint density at radius 2 is 0.844 bits per heavy atom. The highest BCUT2D eigenvalue weighted by molar-refractivity contribution is 7.57. The molecule has 380 valence electrons. The van der Waals surface area contributed by atoms with Gasteiger partial charge in [-0.05, 0) is 27.6 Å². The minimum atomic E-state index is -4.21. The second-order valence-electron chi connectivity index (χ2n) is 13.6. The number of hydrogen-bond donors (Lipinski definition) is 7. The molecule has 0 saturated heterocycles. The first-order valence-corrected chi connectivity index (χ1v) is 25.1. The lowest BCUT2D eigenvalue weighted by atomic mass is 10.4. The summed E-state index contributed by atoms with van der Waals surface area (Å²) in [6, 6.07) is 0. The predicted octanol–water partition coefficient (Wildman–Crippen LogP) is -2.69. The molecule has 0 heterocycles. The molecular formula is C37H78N6O19P2. The number of carbonyl (C=O) groups is 3. The van der Waals surface area contributed by atoms with Crippen molar-refractivity contribution in [2.24, 2.45) is 0 Å². The number of nitrogens with one attached hydrogen (secondary N) is 4. The average molecular weight is 973 g/mol. The molecule has 25 nitrogen and oxygen atoms in total. The van der Waals surface area contributed by atoms with E-state index in [1.165, 1.54) is 9.80 Å². The van der Waals surface area contributed by atoms with Crippen LogP contribution in [0.2, 0.25) is 0 Å². The highest BCUT2D eigenvalue weighted by atomic mass is 31.2. The Hall–Kier alpha value is -1.81. The van der Waals surface area contributed by atoms with Crippen molar-refractivity contribution in [1.82, 2.24) is 31.1 Å². The van der Waals surface area contributed by atoms with Gasteiger partial charge in [0.05, 0.1) is 119 Å². The first kappa shape index (κ1) is 62.2. The van der Waals surface area contributed by atoms with Crippen LogP contribution in [0.25, 0.3) is 0 Å². The second kappa shape index (κ2) is 43.7. The molecule has 0 aromatic heterocycles. The maximum absolute atomic E-state index is 13.0. The van der Waals surface area contributed by atoms with Gasteiger partial charge in [-0.25, -0.2) is 0 Å². The van der Waals surface area contributed by atoms with Crippen LogP contribution < -0.4 is 21.3 Å². The van der Waals surface area contributed by atoms with Gasteiger partial charge >= 0.3 is 7.60 Å². The Labute approximate surface area is 378 Å². The number of nitrogens with zero attached hydrogens (tertiary/aromatic N) is 2. The fourth-order valence-electron chi connectivity index (χ4n) is 4.77. The van der Waals surface area contributed by atoms with Gasteiger partial charge in [0.25, 0.3) is 0 Å². The van der Waals surface area contributed by atoms with E-state index in [2.05, 4.69) is 21.3 Å². The third-order valence-corrected chi connectivity index (χ3v) is 10.1. The van der Waals surface area contributed by atoms with Crippen molar-refractivity contribution >= 4 is 32.7 Å². The van der Waals surface area contributed by atoms with Crippen LogP contribution in [0.4, 0.5) is 0 Å². The van der Waals surface area contributed by atoms with Gasteiger partial charge in [-0.15, -0.1) is 0 Å². The predicted molar refractivity (Wildman–Crippen MR) is 233 cm³/mol.